The van der Waals surface area contributed by atoms with Gasteiger partial charge in [0.15, 0.2) is 0 Å². The SMILES string of the molecule is CCCCCCCCCCCCn1nc(C)cc1OC(=O)OCCCC. The van der Waals surface area contributed by atoms with Crippen LogP contribution in [0.5, 0.6) is 5.88 Å². The Bertz CT molecular complexity index is 486. The normalized spacial score (nSPS) is 10.9. The number of aryl methyl sites for hydroxylation is 2. The van der Waals surface area contributed by atoms with Crippen molar-refractivity contribution in [2.45, 2.75) is 104 Å². The first-order valence-corrected chi connectivity index (χ1v) is 10.6. The fourth-order valence-corrected chi connectivity index (χ4v) is 2.93. The number of unbranched alkanes of at least 4 members (excludes halogenated alkanes) is 10. The predicted octanol–water partition coefficient (Wildman–Crippen LogP) is 6.43. The highest BCUT2D eigenvalue weighted by Crippen LogP contribution is 2.16. The van der Waals surface area contributed by atoms with E-state index in [1.54, 1.807) is 10.7 Å². The van der Waals surface area contributed by atoms with Crippen molar-refractivity contribution in [2.75, 3.05) is 6.61 Å². The second-order valence-electron chi connectivity index (χ2n) is 7.08. The van der Waals surface area contributed by atoms with Gasteiger partial charge < -0.3 is 9.47 Å². The fraction of sp³-hybridized carbons (Fsp3) is 0.810. The standard InChI is InChI=1S/C21H38N2O3/c1-4-6-8-9-10-11-12-13-14-15-16-23-20(18-19(3)22-23)26-21(24)25-17-7-5-2/h18H,4-17H2,1-3H3. The summed E-state index contributed by atoms with van der Waals surface area (Å²) < 4.78 is 12.1. The van der Waals surface area contributed by atoms with Crippen LogP contribution in [-0.2, 0) is 11.3 Å². The molecule has 1 aromatic rings. The highest BCUT2D eigenvalue weighted by atomic mass is 16.7. The Morgan fingerprint density at radius 2 is 1.50 bits per heavy atom. The average molecular weight is 367 g/mol. The number of nitrogens with zero attached hydrogens (tertiary/aromatic N) is 2. The van der Waals surface area contributed by atoms with Crippen molar-refractivity contribution in [3.05, 3.63) is 11.8 Å². The molecule has 0 aliphatic heterocycles. The Hall–Kier alpha value is -1.52. The smallest absolute Gasteiger partial charge is 0.434 e. The first-order valence-electron chi connectivity index (χ1n) is 10.6. The lowest BCUT2D eigenvalue weighted by Gasteiger charge is -2.08. The molecular weight excluding hydrogens is 328 g/mol. The van der Waals surface area contributed by atoms with Gasteiger partial charge in [-0.05, 0) is 19.8 Å². The van der Waals surface area contributed by atoms with Crippen molar-refractivity contribution < 1.29 is 14.3 Å². The number of aromatic nitrogens is 2. The Kier molecular flexibility index (Phi) is 12.7. The third-order valence-electron chi connectivity index (χ3n) is 4.49. The lowest BCUT2D eigenvalue weighted by atomic mass is 10.1. The van der Waals surface area contributed by atoms with E-state index in [9.17, 15) is 4.79 Å². The summed E-state index contributed by atoms with van der Waals surface area (Å²) in [6.45, 7) is 7.40. The minimum atomic E-state index is -0.636. The zero-order valence-electron chi connectivity index (χ0n) is 17.1. The molecule has 0 fully saturated rings. The lowest BCUT2D eigenvalue weighted by molar-refractivity contribution is 0.0942. The van der Waals surface area contributed by atoms with Crippen LogP contribution in [0.4, 0.5) is 4.79 Å². The van der Waals surface area contributed by atoms with Crippen LogP contribution in [0.25, 0.3) is 0 Å². The molecule has 1 heterocycles. The minimum absolute atomic E-state index is 0.404. The number of carbonyl (C=O) groups is 1. The van der Waals surface area contributed by atoms with Gasteiger partial charge in [0, 0.05) is 12.6 Å². The molecule has 0 bridgehead atoms. The van der Waals surface area contributed by atoms with Gasteiger partial charge >= 0.3 is 6.16 Å². The summed E-state index contributed by atoms with van der Waals surface area (Å²) in [6.07, 6.45) is 14.2. The molecule has 1 aromatic heterocycles. The van der Waals surface area contributed by atoms with Gasteiger partial charge in [-0.3, -0.25) is 0 Å². The summed E-state index contributed by atoms with van der Waals surface area (Å²) in [4.78, 5) is 11.7. The van der Waals surface area contributed by atoms with Crippen molar-refractivity contribution in [1.82, 2.24) is 9.78 Å². The van der Waals surface area contributed by atoms with Gasteiger partial charge in [-0.25, -0.2) is 9.48 Å². The molecule has 26 heavy (non-hydrogen) atoms. The molecule has 150 valence electrons. The topological polar surface area (TPSA) is 53.4 Å². The number of hydrogen-bond donors (Lipinski definition) is 0. The molecule has 0 aliphatic rings. The minimum Gasteiger partial charge on any atom is -0.434 e. The molecule has 0 N–H and O–H groups in total. The van der Waals surface area contributed by atoms with Gasteiger partial charge in [0.1, 0.15) is 0 Å². The largest absolute Gasteiger partial charge is 0.515 e. The maximum atomic E-state index is 11.7. The third kappa shape index (κ3) is 10.5. The quantitative estimate of drug-likeness (QED) is 0.265. The van der Waals surface area contributed by atoms with Gasteiger partial charge in [0.25, 0.3) is 0 Å². The van der Waals surface area contributed by atoms with Crippen LogP contribution >= 0.6 is 0 Å². The van der Waals surface area contributed by atoms with E-state index in [0.717, 1.165) is 31.5 Å². The Morgan fingerprint density at radius 3 is 2.12 bits per heavy atom. The van der Waals surface area contributed by atoms with Gasteiger partial charge in [-0.15, -0.1) is 0 Å². The third-order valence-corrected chi connectivity index (χ3v) is 4.49. The molecular formula is C21H38N2O3. The van der Waals surface area contributed by atoms with Crippen molar-refractivity contribution >= 4 is 6.16 Å². The van der Waals surface area contributed by atoms with Gasteiger partial charge in [0.05, 0.1) is 12.3 Å². The van der Waals surface area contributed by atoms with Crippen LogP contribution in [0.15, 0.2) is 6.07 Å². The van der Waals surface area contributed by atoms with Crippen LogP contribution in [-0.4, -0.2) is 22.5 Å². The Balaban J connectivity index is 2.17. The summed E-state index contributed by atoms with van der Waals surface area (Å²) in [5, 5.41) is 4.42. The molecule has 5 nitrogen and oxygen atoms in total. The number of hydrogen-bond acceptors (Lipinski definition) is 4. The van der Waals surface area contributed by atoms with E-state index in [0.29, 0.717) is 12.5 Å². The van der Waals surface area contributed by atoms with Crippen molar-refractivity contribution in [3.63, 3.8) is 0 Å². The first kappa shape index (κ1) is 22.5. The monoisotopic (exact) mass is 366 g/mol. The molecule has 5 heteroatoms. The zero-order valence-corrected chi connectivity index (χ0v) is 17.1. The van der Waals surface area contributed by atoms with Crippen LogP contribution in [0, 0.1) is 6.92 Å². The number of rotatable bonds is 15. The van der Waals surface area contributed by atoms with E-state index in [1.807, 2.05) is 6.92 Å². The summed E-state index contributed by atoms with van der Waals surface area (Å²) >= 11 is 0. The van der Waals surface area contributed by atoms with Crippen molar-refractivity contribution in [2.24, 2.45) is 0 Å². The van der Waals surface area contributed by atoms with Crippen molar-refractivity contribution in [3.8, 4) is 5.88 Å². The molecule has 0 aliphatic carbocycles. The second kappa shape index (κ2) is 14.6. The molecule has 1 rings (SSSR count). The highest BCUT2D eigenvalue weighted by molar-refractivity contribution is 5.63. The Labute approximate surface area is 159 Å². The number of carbonyl (C=O) groups excluding carboxylic acids is 1. The average Bonchev–Trinajstić information content (AvgIpc) is 2.96. The predicted molar refractivity (Wildman–Crippen MR) is 106 cm³/mol. The molecule has 0 atom stereocenters. The van der Waals surface area contributed by atoms with E-state index in [-0.39, 0.29) is 0 Å². The maximum Gasteiger partial charge on any atom is 0.515 e. The Morgan fingerprint density at radius 1 is 0.923 bits per heavy atom. The summed E-state index contributed by atoms with van der Waals surface area (Å²) in [6, 6.07) is 1.79. The summed E-state index contributed by atoms with van der Waals surface area (Å²) in [5.41, 5.74) is 0.855. The van der Waals surface area contributed by atoms with Gasteiger partial charge in [-0.2, -0.15) is 5.10 Å². The molecule has 0 radical (unpaired) electrons. The maximum absolute atomic E-state index is 11.7. The van der Waals surface area contributed by atoms with Crippen molar-refractivity contribution in [1.29, 1.82) is 0 Å². The summed E-state index contributed by atoms with van der Waals surface area (Å²) in [5.74, 6) is 0.486. The van der Waals surface area contributed by atoms with Crippen LogP contribution in [0.1, 0.15) is 96.6 Å². The molecule has 0 unspecified atom stereocenters. The molecule has 0 saturated heterocycles. The van der Waals surface area contributed by atoms with Crippen LogP contribution in [0.3, 0.4) is 0 Å². The number of ether oxygens (including phenoxy) is 2. The molecule has 0 spiro atoms. The van der Waals surface area contributed by atoms with E-state index in [4.69, 9.17) is 9.47 Å². The molecule has 0 amide bonds. The second-order valence-corrected chi connectivity index (χ2v) is 7.08. The molecule has 0 aromatic carbocycles. The summed E-state index contributed by atoms with van der Waals surface area (Å²) in [7, 11) is 0. The highest BCUT2D eigenvalue weighted by Gasteiger charge is 2.12. The fourth-order valence-electron chi connectivity index (χ4n) is 2.93. The van der Waals surface area contributed by atoms with Gasteiger partial charge in [0.2, 0.25) is 5.88 Å². The first-order chi connectivity index (χ1) is 12.7. The van der Waals surface area contributed by atoms with E-state index in [2.05, 4.69) is 18.9 Å². The van der Waals surface area contributed by atoms with Crippen LogP contribution < -0.4 is 4.74 Å². The molecule has 0 saturated carbocycles. The van der Waals surface area contributed by atoms with Crippen LogP contribution in [0.2, 0.25) is 0 Å². The lowest BCUT2D eigenvalue weighted by Crippen LogP contribution is -2.14. The van der Waals surface area contributed by atoms with E-state index < -0.39 is 6.16 Å². The van der Waals surface area contributed by atoms with E-state index >= 15 is 0 Å². The zero-order chi connectivity index (χ0) is 19.0. The van der Waals surface area contributed by atoms with Gasteiger partial charge in [-0.1, -0.05) is 78.1 Å². The van der Waals surface area contributed by atoms with E-state index in [1.165, 1.54) is 57.8 Å².